The molecule has 0 radical (unpaired) electrons. The van der Waals surface area contributed by atoms with Gasteiger partial charge in [-0.15, -0.1) is 0 Å². The number of carbonyl (C=O) groups excluding carboxylic acids is 2. The average molecular weight is 436 g/mol. The molecule has 1 atom stereocenters. The lowest BCUT2D eigenvalue weighted by Gasteiger charge is -2.22. The zero-order valence-electron chi connectivity index (χ0n) is 20.2. The smallest absolute Gasteiger partial charge is 0.309 e. The Morgan fingerprint density at radius 3 is 2.22 bits per heavy atom. The number of nitrogens with one attached hydrogen (secondary N) is 3. The first kappa shape index (κ1) is 26.7. The molecule has 0 aliphatic rings. The first-order valence-corrected chi connectivity index (χ1v) is 11.2. The summed E-state index contributed by atoms with van der Waals surface area (Å²) in [5.74, 6) is -1.27. The van der Waals surface area contributed by atoms with Gasteiger partial charge in [-0.1, -0.05) is 75.0 Å². The van der Waals surface area contributed by atoms with Crippen molar-refractivity contribution in [3.8, 4) is 0 Å². The molecule has 0 saturated carbocycles. The summed E-state index contributed by atoms with van der Waals surface area (Å²) in [7, 11) is 0. The Kier molecular flexibility index (Phi) is 11.6. The third kappa shape index (κ3) is 7.12. The Bertz CT molecular complexity index is 984. The van der Waals surface area contributed by atoms with Gasteiger partial charge in [0.1, 0.15) is 0 Å². The first-order valence-electron chi connectivity index (χ1n) is 11.2. The zero-order chi connectivity index (χ0) is 24.1. The number of fused-ring (bicyclic) bond motifs is 1. The molecule has 2 rings (SSSR count). The molecule has 172 valence electrons. The third-order valence-electron chi connectivity index (χ3n) is 4.97. The average Bonchev–Trinajstić information content (AvgIpc) is 2.82. The highest BCUT2D eigenvalue weighted by Crippen LogP contribution is 2.26. The molecule has 2 amide bonds. The molecule has 3 N–H and O–H groups in total. The molecule has 0 heterocycles. The highest BCUT2D eigenvalue weighted by Gasteiger charge is 2.16. The van der Waals surface area contributed by atoms with Crippen LogP contribution in [0.2, 0.25) is 0 Å². The van der Waals surface area contributed by atoms with Gasteiger partial charge in [-0.05, 0) is 55.2 Å². The summed E-state index contributed by atoms with van der Waals surface area (Å²) in [5, 5.41) is 11.1. The van der Waals surface area contributed by atoms with Crippen LogP contribution in [0.1, 0.15) is 53.1 Å². The van der Waals surface area contributed by atoms with E-state index in [1.807, 2.05) is 52.0 Å². The fourth-order valence-corrected chi connectivity index (χ4v) is 3.45. The second-order valence-electron chi connectivity index (χ2n) is 6.97. The molecule has 2 aromatic carbocycles. The summed E-state index contributed by atoms with van der Waals surface area (Å²) >= 11 is 0. The third-order valence-corrected chi connectivity index (χ3v) is 4.97. The SMILES string of the molecule is C=C(NC(C)c1cccc2ccccc12)C(=C/C)/C(=C\C)CNC(=O)C(=O)NCC.CC. The van der Waals surface area contributed by atoms with Gasteiger partial charge < -0.3 is 16.0 Å². The summed E-state index contributed by atoms with van der Waals surface area (Å²) in [5.41, 5.74) is 3.74. The monoisotopic (exact) mass is 435 g/mol. The molecule has 0 bridgehead atoms. The summed E-state index contributed by atoms with van der Waals surface area (Å²) in [4.78, 5) is 23.6. The van der Waals surface area contributed by atoms with Crippen molar-refractivity contribution in [1.29, 1.82) is 0 Å². The summed E-state index contributed by atoms with van der Waals surface area (Å²) in [6, 6.07) is 14.6. The van der Waals surface area contributed by atoms with Crippen LogP contribution in [0.5, 0.6) is 0 Å². The minimum absolute atomic E-state index is 0.0431. The fourth-order valence-electron chi connectivity index (χ4n) is 3.45. The van der Waals surface area contributed by atoms with E-state index in [9.17, 15) is 9.59 Å². The van der Waals surface area contributed by atoms with Gasteiger partial charge in [-0.25, -0.2) is 0 Å². The van der Waals surface area contributed by atoms with Gasteiger partial charge in [0, 0.05) is 24.8 Å². The fraction of sp³-hybridized carbons (Fsp3) is 0.333. The van der Waals surface area contributed by atoms with E-state index in [1.54, 1.807) is 6.92 Å². The van der Waals surface area contributed by atoms with Crippen LogP contribution in [0, 0.1) is 0 Å². The molecule has 0 aromatic heterocycles. The van der Waals surface area contributed by atoms with Crippen LogP contribution in [-0.4, -0.2) is 24.9 Å². The quantitative estimate of drug-likeness (QED) is 0.395. The highest BCUT2D eigenvalue weighted by molar-refractivity contribution is 6.35. The normalized spacial score (nSPS) is 12.3. The lowest BCUT2D eigenvalue weighted by Crippen LogP contribution is -2.40. The second kappa shape index (κ2) is 13.9. The maximum Gasteiger partial charge on any atom is 0.309 e. The predicted octanol–water partition coefficient (Wildman–Crippen LogP) is 5.18. The molecule has 0 aliphatic heterocycles. The van der Waals surface area contributed by atoms with E-state index in [4.69, 9.17) is 0 Å². The number of amides is 2. The first-order chi connectivity index (χ1) is 15.4. The number of hydrogen-bond donors (Lipinski definition) is 3. The molecule has 5 heteroatoms. The van der Waals surface area contributed by atoms with Crippen LogP contribution in [-0.2, 0) is 9.59 Å². The van der Waals surface area contributed by atoms with E-state index in [0.717, 1.165) is 16.8 Å². The van der Waals surface area contributed by atoms with Gasteiger partial charge in [0.05, 0.1) is 0 Å². The molecule has 0 spiro atoms. The van der Waals surface area contributed by atoms with Crippen LogP contribution in [0.15, 0.2) is 78.0 Å². The van der Waals surface area contributed by atoms with Crippen LogP contribution >= 0.6 is 0 Å². The van der Waals surface area contributed by atoms with E-state index >= 15 is 0 Å². The molecule has 0 aliphatic carbocycles. The van der Waals surface area contributed by atoms with E-state index < -0.39 is 11.8 Å². The lowest BCUT2D eigenvalue weighted by molar-refractivity contribution is -0.139. The van der Waals surface area contributed by atoms with Gasteiger partial charge in [0.15, 0.2) is 0 Å². The standard InChI is InChI=1S/C25H31N3O2.C2H6/c1-6-19(16-27-25(30)24(29)26-8-3)21(7-2)17(4)28-18(5)22-15-11-13-20-12-9-10-14-23(20)22;1-2/h6-7,9-15,18,28H,4,8,16H2,1-3,5H3,(H,26,29)(H,27,30);1-2H3/b19-6-,21-7-;. The number of carbonyl (C=O) groups is 2. The molecule has 32 heavy (non-hydrogen) atoms. The second-order valence-corrected chi connectivity index (χ2v) is 6.97. The van der Waals surface area contributed by atoms with Crippen molar-refractivity contribution in [2.24, 2.45) is 0 Å². The maximum atomic E-state index is 11.9. The van der Waals surface area contributed by atoms with Crippen LogP contribution < -0.4 is 16.0 Å². The van der Waals surface area contributed by atoms with Gasteiger partial charge in [0.25, 0.3) is 0 Å². The molecule has 1 unspecified atom stereocenters. The van der Waals surface area contributed by atoms with Crippen molar-refractivity contribution in [2.75, 3.05) is 13.1 Å². The summed E-state index contributed by atoms with van der Waals surface area (Å²) in [6.07, 6.45) is 3.88. The Labute approximate surface area is 192 Å². The van der Waals surface area contributed by atoms with E-state index in [0.29, 0.717) is 6.54 Å². The Morgan fingerprint density at radius 2 is 1.59 bits per heavy atom. The van der Waals surface area contributed by atoms with Crippen molar-refractivity contribution in [2.45, 2.75) is 47.6 Å². The molecular formula is C27H37N3O2. The Balaban J connectivity index is 0.00000249. The van der Waals surface area contributed by atoms with Gasteiger partial charge in [-0.2, -0.15) is 0 Å². The summed E-state index contributed by atoms with van der Waals surface area (Å²) in [6.45, 7) is 16.6. The van der Waals surface area contributed by atoms with E-state index in [1.165, 1.54) is 16.3 Å². The minimum Gasteiger partial charge on any atom is -0.378 e. The molecular weight excluding hydrogens is 398 g/mol. The van der Waals surface area contributed by atoms with Crippen molar-refractivity contribution >= 4 is 22.6 Å². The number of rotatable bonds is 8. The predicted molar refractivity (Wildman–Crippen MR) is 135 cm³/mol. The van der Waals surface area contributed by atoms with Gasteiger partial charge >= 0.3 is 11.8 Å². The van der Waals surface area contributed by atoms with Gasteiger partial charge in [-0.3, -0.25) is 9.59 Å². The maximum absolute atomic E-state index is 11.9. The number of hydrogen-bond acceptors (Lipinski definition) is 3. The van der Waals surface area contributed by atoms with Crippen LogP contribution in [0.25, 0.3) is 10.8 Å². The molecule has 5 nitrogen and oxygen atoms in total. The topological polar surface area (TPSA) is 70.2 Å². The van der Waals surface area contributed by atoms with E-state index in [2.05, 4.69) is 59.8 Å². The van der Waals surface area contributed by atoms with Crippen molar-refractivity contribution in [3.05, 3.63) is 83.6 Å². The number of benzene rings is 2. The molecule has 0 fully saturated rings. The zero-order valence-corrected chi connectivity index (χ0v) is 20.2. The summed E-state index contributed by atoms with van der Waals surface area (Å²) < 4.78 is 0. The largest absolute Gasteiger partial charge is 0.378 e. The number of allylic oxidation sites excluding steroid dienone is 3. The van der Waals surface area contributed by atoms with Crippen LogP contribution in [0.3, 0.4) is 0 Å². The van der Waals surface area contributed by atoms with Crippen LogP contribution in [0.4, 0.5) is 0 Å². The lowest BCUT2D eigenvalue weighted by atomic mass is 9.98. The highest BCUT2D eigenvalue weighted by atomic mass is 16.2. The van der Waals surface area contributed by atoms with E-state index in [-0.39, 0.29) is 12.6 Å². The molecule has 0 saturated heterocycles. The minimum atomic E-state index is -0.644. The van der Waals surface area contributed by atoms with Crippen molar-refractivity contribution in [1.82, 2.24) is 16.0 Å². The Morgan fingerprint density at radius 1 is 0.969 bits per heavy atom. The molecule has 2 aromatic rings. The van der Waals surface area contributed by atoms with Crippen molar-refractivity contribution in [3.63, 3.8) is 0 Å². The van der Waals surface area contributed by atoms with Gasteiger partial charge in [0.2, 0.25) is 0 Å². The Hall–Kier alpha value is -3.34. The van der Waals surface area contributed by atoms with Crippen molar-refractivity contribution < 1.29 is 9.59 Å². The number of likely N-dealkylation sites (N-methyl/N-ethyl adjacent to an activating group) is 1.